The topological polar surface area (TPSA) is 59.5 Å². The molecule has 6 heteroatoms. The van der Waals surface area contributed by atoms with Crippen molar-refractivity contribution >= 4 is 31.0 Å². The molecule has 41 heavy (non-hydrogen) atoms. The van der Waals surface area contributed by atoms with Gasteiger partial charge in [0.1, 0.15) is 0 Å². The van der Waals surface area contributed by atoms with Gasteiger partial charge in [-0.25, -0.2) is 9.58 Å². The summed E-state index contributed by atoms with van der Waals surface area (Å²) in [5.41, 5.74) is 3.50. The molecule has 0 aromatic heterocycles. The van der Waals surface area contributed by atoms with E-state index in [1.807, 2.05) is 90.1 Å². The van der Waals surface area contributed by atoms with Crippen LogP contribution in [0.15, 0.2) is 66.4 Å². The molecule has 0 heterocycles. The Kier molecular flexibility index (Phi) is 8.77. The summed E-state index contributed by atoms with van der Waals surface area (Å²) in [6.45, 7) is 31.4. The third-order valence-corrected chi connectivity index (χ3v) is 13.4. The molecule has 1 aromatic rings. The first-order chi connectivity index (χ1) is 18.8. The molecule has 0 amide bonds. The summed E-state index contributed by atoms with van der Waals surface area (Å²) in [6.07, 6.45) is 1.73. The highest BCUT2D eigenvalue weighted by Gasteiger charge is 2.44. The minimum Gasteiger partial charge on any atom is -0.623 e. The molecule has 0 atom stereocenters. The van der Waals surface area contributed by atoms with E-state index in [0.29, 0.717) is 11.3 Å². The maximum Gasteiger partial charge on any atom is 0.256 e. The van der Waals surface area contributed by atoms with Gasteiger partial charge >= 0.3 is 0 Å². The summed E-state index contributed by atoms with van der Waals surface area (Å²) < 4.78 is 1.03. The molecule has 0 bridgehead atoms. The molecule has 0 unspecified atom stereocenters. The molecule has 3 rings (SSSR count). The number of hydrogen-bond donors (Lipinski definition) is 1. The lowest BCUT2D eigenvalue weighted by atomic mass is 9.99. The number of carbonyl (C=O) groups excluding carboxylic acids is 1. The molecule has 1 aromatic carbocycles. The van der Waals surface area contributed by atoms with Crippen molar-refractivity contribution in [3.63, 3.8) is 0 Å². The molecule has 0 aliphatic heterocycles. The van der Waals surface area contributed by atoms with Gasteiger partial charge in [-0.15, -0.1) is 0 Å². The predicted molar refractivity (Wildman–Crippen MR) is 176 cm³/mol. The van der Waals surface area contributed by atoms with Crippen LogP contribution in [0, 0.1) is 11.8 Å². The van der Waals surface area contributed by atoms with Crippen molar-refractivity contribution in [2.45, 2.75) is 91.5 Å². The number of fused-ring (bicyclic) bond motifs is 1. The van der Waals surface area contributed by atoms with E-state index in [9.17, 15) is 10.0 Å². The van der Waals surface area contributed by atoms with Crippen molar-refractivity contribution < 1.29 is 9.53 Å². The molecule has 1 N–H and O–H groups in total. The molecule has 2 aliphatic rings. The second-order valence-electron chi connectivity index (χ2n) is 14.3. The maximum absolute atomic E-state index is 14.0. The van der Waals surface area contributed by atoms with Crippen LogP contribution in [0.25, 0.3) is 21.7 Å². The number of rotatable bonds is 6. The van der Waals surface area contributed by atoms with Gasteiger partial charge in [0.15, 0.2) is 17.5 Å². The number of allylic oxidation sites excluding steroid dienone is 1. The van der Waals surface area contributed by atoms with E-state index in [2.05, 4.69) is 44.0 Å². The number of hydrogen-bond acceptors (Lipinski definition) is 3. The lowest BCUT2D eigenvalue weighted by Crippen LogP contribution is -2.52. The molecule has 216 valence electrons. The van der Waals surface area contributed by atoms with Gasteiger partial charge in [-0.3, -0.25) is 0 Å². The first-order valence-electron chi connectivity index (χ1n) is 14.2. The van der Waals surface area contributed by atoms with Crippen LogP contribution in [0.2, 0.25) is 18.1 Å². The zero-order valence-corrected chi connectivity index (χ0v) is 27.6. The zero-order valence-electron chi connectivity index (χ0n) is 26.6. The number of hydroxylamine groups is 1. The van der Waals surface area contributed by atoms with Crippen LogP contribution < -0.4 is 10.5 Å². The molecule has 5 nitrogen and oxygen atoms in total. The summed E-state index contributed by atoms with van der Waals surface area (Å²) in [5, 5.41) is 18.1. The second kappa shape index (κ2) is 11.3. The molecular formula is C35H45N3O2Si. The van der Waals surface area contributed by atoms with Crippen LogP contribution in [-0.2, 0) is 0 Å². The molecule has 0 saturated heterocycles. The first-order valence-corrected chi connectivity index (χ1v) is 17.2. The van der Waals surface area contributed by atoms with E-state index >= 15 is 0 Å². The average molecular weight is 568 g/mol. The van der Waals surface area contributed by atoms with Crippen molar-refractivity contribution in [1.82, 2.24) is 5.32 Å². The lowest BCUT2D eigenvalue weighted by Gasteiger charge is -2.39. The number of Topliss-reactive ketones (excluding diaryl/α,β-unsaturated/α-hetero) is 1. The van der Waals surface area contributed by atoms with Crippen molar-refractivity contribution in [2.75, 3.05) is 0 Å². The Morgan fingerprint density at radius 3 is 1.85 bits per heavy atom. The van der Waals surface area contributed by atoms with Crippen LogP contribution in [0.3, 0.4) is 0 Å². The lowest BCUT2D eigenvalue weighted by molar-refractivity contribution is -0.530. The summed E-state index contributed by atoms with van der Waals surface area (Å²) in [7, 11) is -2.40. The number of nitrogens with one attached hydrogen (secondary N) is 1. The molecule has 0 radical (unpaired) electrons. The Morgan fingerprint density at radius 1 is 0.878 bits per heavy atom. The Bertz CT molecular complexity index is 1510. The number of benzene rings is 1. The van der Waals surface area contributed by atoms with Crippen LogP contribution in [0.1, 0.15) is 83.8 Å². The fourth-order valence-electron chi connectivity index (χ4n) is 4.69. The second-order valence-corrected chi connectivity index (χ2v) is 19.6. The van der Waals surface area contributed by atoms with Gasteiger partial charge in [-0.2, -0.15) is 0 Å². The van der Waals surface area contributed by atoms with E-state index in [1.165, 1.54) is 0 Å². The fraction of sp³-hybridized carbons (Fsp3) is 0.400. The van der Waals surface area contributed by atoms with E-state index in [-0.39, 0.29) is 16.5 Å². The van der Waals surface area contributed by atoms with E-state index < -0.39 is 19.2 Å². The Morgan fingerprint density at radius 2 is 1.39 bits per heavy atom. The number of carbonyl (C=O) groups is 1. The molecule has 0 fully saturated rings. The predicted octanol–water partition coefficient (Wildman–Crippen LogP) is 8.09. The van der Waals surface area contributed by atoms with Crippen molar-refractivity contribution in [1.29, 1.82) is 0 Å². The highest BCUT2D eigenvalue weighted by Crippen LogP contribution is 2.43. The first kappa shape index (κ1) is 31.8. The van der Waals surface area contributed by atoms with Gasteiger partial charge in [0.25, 0.3) is 5.70 Å². The van der Waals surface area contributed by atoms with Crippen molar-refractivity contribution in [3.8, 4) is 11.1 Å². The van der Waals surface area contributed by atoms with Crippen LogP contribution in [0.5, 0.6) is 0 Å². The van der Waals surface area contributed by atoms with E-state index in [1.54, 1.807) is 18.3 Å². The van der Waals surface area contributed by atoms with E-state index in [4.69, 9.17) is 6.57 Å². The van der Waals surface area contributed by atoms with Crippen LogP contribution in [-0.4, -0.2) is 35.9 Å². The third-order valence-electron chi connectivity index (χ3n) is 7.87. The minimum atomic E-state index is -2.40. The smallest absolute Gasteiger partial charge is 0.256 e. The monoisotopic (exact) mass is 567 g/mol. The highest BCUT2D eigenvalue weighted by molar-refractivity contribution is 6.93. The SMILES string of the molecule is [C-]#[N+]/C(C(=O)c1ccccc1)=C(/NC(C)(C)C)c1c2cccccc-2c(/C=[N+](\[O-])C(C)(C)C)c1[Si](C)(C)C(C)(C)C. The zero-order chi connectivity index (χ0) is 31.0. The number of nitrogens with zero attached hydrogens (tertiary/aromatic N) is 2. The molecule has 0 spiro atoms. The maximum atomic E-state index is 14.0. The van der Waals surface area contributed by atoms with Gasteiger partial charge in [0.05, 0.1) is 20.3 Å². The van der Waals surface area contributed by atoms with Gasteiger partial charge in [0.2, 0.25) is 0 Å². The molecule has 0 saturated carbocycles. The van der Waals surface area contributed by atoms with Gasteiger partial charge in [0, 0.05) is 37.4 Å². The Hall–Kier alpha value is -3.69. The highest BCUT2D eigenvalue weighted by atomic mass is 28.3. The van der Waals surface area contributed by atoms with Gasteiger partial charge in [-0.1, -0.05) is 94.5 Å². The van der Waals surface area contributed by atoms with Crippen LogP contribution >= 0.6 is 0 Å². The summed E-state index contributed by atoms with van der Waals surface area (Å²) in [6, 6.07) is 19.0. The Labute approximate surface area is 247 Å². The minimum absolute atomic E-state index is 0.0471. The van der Waals surface area contributed by atoms with Gasteiger partial charge in [-0.05, 0) is 47.7 Å². The summed E-state index contributed by atoms with van der Waals surface area (Å²) >= 11 is 0. The molecular weight excluding hydrogens is 522 g/mol. The Balaban J connectivity index is 2.67. The summed E-state index contributed by atoms with van der Waals surface area (Å²) in [4.78, 5) is 17.9. The van der Waals surface area contributed by atoms with Gasteiger partial charge < -0.3 is 15.3 Å². The van der Waals surface area contributed by atoms with Crippen LogP contribution in [0.4, 0.5) is 0 Å². The average Bonchev–Trinajstić information content (AvgIpc) is 2.98. The fourth-order valence-corrected chi connectivity index (χ4v) is 7.20. The number of ketones is 1. The normalized spacial score (nSPS) is 14.0. The van der Waals surface area contributed by atoms with E-state index in [0.717, 1.165) is 32.2 Å². The quantitative estimate of drug-likeness (QED) is 0.0479. The summed E-state index contributed by atoms with van der Waals surface area (Å²) in [5.74, 6) is -0.325. The largest absolute Gasteiger partial charge is 0.623 e. The standard InChI is InChI=1S/C35H45N3O2Si/c1-33(2,3)37-29(30(36-10)31(39)24-19-15-13-16-20-24)28-26-22-18-14-17-21-25(26)27(23-38(40)34(4,5)6)32(28)41(11,12)35(7,8)9/h13-23,37H,1-9,11-12H3/b30-29+,38-23-. The third kappa shape index (κ3) is 6.63. The van der Waals surface area contributed by atoms with Crippen molar-refractivity contribution in [2.24, 2.45) is 0 Å². The molecule has 2 aliphatic carbocycles. The van der Waals surface area contributed by atoms with Crippen molar-refractivity contribution in [3.05, 3.63) is 99.7 Å².